The highest BCUT2D eigenvalue weighted by Gasteiger charge is 2.09. The van der Waals surface area contributed by atoms with Gasteiger partial charge in [-0.2, -0.15) is 0 Å². The Hall–Kier alpha value is -0.760. The molecule has 1 atom stereocenters. The quantitative estimate of drug-likeness (QED) is 0.193. The van der Waals surface area contributed by atoms with E-state index in [1.54, 1.807) is 5.48 Å². The van der Waals surface area contributed by atoms with Crippen molar-refractivity contribution < 1.29 is 15.1 Å². The van der Waals surface area contributed by atoms with Crippen LogP contribution in [0.25, 0.3) is 0 Å². The number of aliphatic carboxylic acids is 1. The van der Waals surface area contributed by atoms with Gasteiger partial charge in [0.15, 0.2) is 0 Å². The zero-order valence-corrected chi connectivity index (χ0v) is 9.55. The molecule has 0 saturated heterocycles. The number of rotatable bonds is 5. The maximum absolute atomic E-state index is 10.2. The molecule has 0 rings (SSSR count). The minimum Gasteiger partial charge on any atom is -0.480 e. The fourth-order valence-electron chi connectivity index (χ4n) is 0.670. The molecular formula is C6H16Cl2N4O3. The van der Waals surface area contributed by atoms with Crippen molar-refractivity contribution in [3.8, 4) is 0 Å². The maximum atomic E-state index is 10.2. The topological polar surface area (TPSA) is 134 Å². The average molecular weight is 263 g/mol. The van der Waals surface area contributed by atoms with Gasteiger partial charge in [-0.3, -0.25) is 15.0 Å². The molecule has 0 bridgehead atoms. The van der Waals surface area contributed by atoms with Crippen LogP contribution in [0.4, 0.5) is 0 Å². The average Bonchev–Trinajstić information content (AvgIpc) is 2.11. The number of halogens is 2. The van der Waals surface area contributed by atoms with Crippen molar-refractivity contribution in [3.63, 3.8) is 0 Å². The van der Waals surface area contributed by atoms with Gasteiger partial charge >= 0.3 is 5.97 Å². The SMILES string of the molecule is Cl.Cl.NC(=NCCC[C@H](N)C(=O)O)NO. The van der Waals surface area contributed by atoms with Gasteiger partial charge in [0.25, 0.3) is 0 Å². The Kier molecular flexibility index (Phi) is 14.9. The highest BCUT2D eigenvalue weighted by molar-refractivity contribution is 5.85. The van der Waals surface area contributed by atoms with Crippen LogP contribution >= 0.6 is 24.8 Å². The number of hydroxylamine groups is 1. The molecule has 0 aromatic carbocycles. The lowest BCUT2D eigenvalue weighted by Crippen LogP contribution is -2.30. The van der Waals surface area contributed by atoms with E-state index in [0.29, 0.717) is 19.4 Å². The molecule has 0 aliphatic heterocycles. The second kappa shape index (κ2) is 11.3. The van der Waals surface area contributed by atoms with Crippen molar-refractivity contribution in [3.05, 3.63) is 0 Å². The van der Waals surface area contributed by atoms with Gasteiger partial charge in [-0.15, -0.1) is 24.8 Å². The molecule has 0 spiro atoms. The van der Waals surface area contributed by atoms with Crippen molar-refractivity contribution in [2.45, 2.75) is 18.9 Å². The fourth-order valence-corrected chi connectivity index (χ4v) is 0.670. The molecule has 0 aliphatic rings. The third-order valence-corrected chi connectivity index (χ3v) is 1.39. The number of carboxylic acids is 1. The van der Waals surface area contributed by atoms with E-state index in [4.69, 9.17) is 21.8 Å². The number of hydrogen-bond acceptors (Lipinski definition) is 4. The number of guanidine groups is 1. The summed E-state index contributed by atoms with van der Waals surface area (Å²) in [4.78, 5) is 13.9. The first-order valence-corrected chi connectivity index (χ1v) is 3.76. The Bertz CT molecular complexity index is 203. The molecule has 7 nitrogen and oxygen atoms in total. The van der Waals surface area contributed by atoms with E-state index in [0.717, 1.165) is 0 Å². The lowest BCUT2D eigenvalue weighted by atomic mass is 10.2. The molecule has 92 valence electrons. The molecule has 0 aromatic heterocycles. The van der Waals surface area contributed by atoms with Crippen LogP contribution in [0.1, 0.15) is 12.8 Å². The number of nitrogens with two attached hydrogens (primary N) is 2. The first-order valence-electron chi connectivity index (χ1n) is 3.76. The number of nitrogens with zero attached hydrogens (tertiary/aromatic N) is 1. The zero-order chi connectivity index (χ0) is 10.3. The summed E-state index contributed by atoms with van der Waals surface area (Å²) < 4.78 is 0. The van der Waals surface area contributed by atoms with Gasteiger partial charge in [0.05, 0.1) is 0 Å². The Labute approximate surface area is 99.7 Å². The molecule has 15 heavy (non-hydrogen) atoms. The summed E-state index contributed by atoms with van der Waals surface area (Å²) in [7, 11) is 0. The first kappa shape index (κ1) is 19.8. The fraction of sp³-hybridized carbons (Fsp3) is 0.667. The van der Waals surface area contributed by atoms with Crippen LogP contribution in [0.5, 0.6) is 0 Å². The summed E-state index contributed by atoms with van der Waals surface area (Å²) in [5, 5.41) is 16.6. The van der Waals surface area contributed by atoms with Crippen LogP contribution in [0.2, 0.25) is 0 Å². The Balaban J connectivity index is -0.000000720. The molecule has 0 saturated carbocycles. The molecule has 0 aromatic rings. The molecule has 0 unspecified atom stereocenters. The minimum atomic E-state index is -1.03. The second-order valence-electron chi connectivity index (χ2n) is 2.47. The van der Waals surface area contributed by atoms with Gasteiger partial charge in [0.1, 0.15) is 6.04 Å². The van der Waals surface area contributed by atoms with Crippen LogP contribution < -0.4 is 16.9 Å². The van der Waals surface area contributed by atoms with E-state index >= 15 is 0 Å². The highest BCUT2D eigenvalue weighted by Crippen LogP contribution is 1.94. The lowest BCUT2D eigenvalue weighted by molar-refractivity contribution is -0.138. The Morgan fingerprint density at radius 2 is 2.00 bits per heavy atom. The summed E-state index contributed by atoms with van der Waals surface area (Å²) in [6.07, 6.45) is 0.841. The van der Waals surface area contributed by atoms with Gasteiger partial charge < -0.3 is 16.6 Å². The summed E-state index contributed by atoms with van der Waals surface area (Å²) in [6, 6.07) is -0.862. The summed E-state index contributed by atoms with van der Waals surface area (Å²) >= 11 is 0. The minimum absolute atomic E-state index is 0. The third-order valence-electron chi connectivity index (χ3n) is 1.39. The first-order chi connectivity index (χ1) is 6.07. The van der Waals surface area contributed by atoms with Crippen LogP contribution in [-0.4, -0.2) is 34.8 Å². The van der Waals surface area contributed by atoms with E-state index in [1.807, 2.05) is 0 Å². The lowest BCUT2D eigenvalue weighted by Gasteiger charge is -2.03. The van der Waals surface area contributed by atoms with Gasteiger partial charge in [0, 0.05) is 6.54 Å². The Morgan fingerprint density at radius 1 is 1.47 bits per heavy atom. The number of nitrogens with one attached hydrogen (secondary N) is 1. The maximum Gasteiger partial charge on any atom is 0.320 e. The smallest absolute Gasteiger partial charge is 0.320 e. The third kappa shape index (κ3) is 11.2. The predicted octanol–water partition coefficient (Wildman–Crippen LogP) is -0.684. The second-order valence-corrected chi connectivity index (χ2v) is 2.47. The summed E-state index contributed by atoms with van der Waals surface area (Å²) in [5.74, 6) is -1.12. The van der Waals surface area contributed by atoms with E-state index in [-0.39, 0.29) is 30.8 Å². The molecule has 0 amide bonds. The van der Waals surface area contributed by atoms with Gasteiger partial charge in [-0.05, 0) is 12.8 Å². The monoisotopic (exact) mass is 262 g/mol. The van der Waals surface area contributed by atoms with Crippen LogP contribution in [0, 0.1) is 0 Å². The van der Waals surface area contributed by atoms with E-state index < -0.39 is 12.0 Å². The van der Waals surface area contributed by atoms with Crippen molar-refractivity contribution in [1.82, 2.24) is 5.48 Å². The molecule has 0 fully saturated rings. The molecule has 0 radical (unpaired) electrons. The van der Waals surface area contributed by atoms with Crippen LogP contribution in [0.3, 0.4) is 0 Å². The highest BCUT2D eigenvalue weighted by atomic mass is 35.5. The van der Waals surface area contributed by atoms with Gasteiger partial charge in [-0.25, -0.2) is 5.48 Å². The van der Waals surface area contributed by atoms with Gasteiger partial charge in [-0.1, -0.05) is 0 Å². The standard InChI is InChI=1S/C6H14N4O3.2ClH/c7-4(5(11)12)2-1-3-9-6(8)10-13;;/h4,13H,1-3,7H2,(H,11,12)(H3,8,9,10);2*1H/t4-;;/m0../s1. The number of aliphatic imine (C=N–C) groups is 1. The normalized spacial score (nSPS) is 12.0. The molecule has 9 heteroatoms. The molecule has 7 N–H and O–H groups in total. The summed E-state index contributed by atoms with van der Waals surface area (Å²) in [6.45, 7) is 0.334. The largest absolute Gasteiger partial charge is 0.480 e. The molecule has 0 heterocycles. The van der Waals surface area contributed by atoms with E-state index in [2.05, 4.69) is 4.99 Å². The summed E-state index contributed by atoms with van der Waals surface area (Å²) in [5.41, 5.74) is 12.0. The van der Waals surface area contributed by atoms with Crippen molar-refractivity contribution >= 4 is 36.7 Å². The van der Waals surface area contributed by atoms with Crippen molar-refractivity contribution in [2.24, 2.45) is 16.5 Å². The van der Waals surface area contributed by atoms with Crippen molar-refractivity contribution in [2.75, 3.05) is 6.54 Å². The van der Waals surface area contributed by atoms with Crippen molar-refractivity contribution in [1.29, 1.82) is 0 Å². The number of hydrogen-bond donors (Lipinski definition) is 5. The zero-order valence-electron chi connectivity index (χ0n) is 7.92. The van der Waals surface area contributed by atoms with Crippen LogP contribution in [-0.2, 0) is 4.79 Å². The van der Waals surface area contributed by atoms with E-state index in [9.17, 15) is 4.79 Å². The Morgan fingerprint density at radius 3 is 2.40 bits per heavy atom. The number of carboxylic acid groups (broad SMARTS) is 1. The molecule has 0 aliphatic carbocycles. The van der Waals surface area contributed by atoms with Gasteiger partial charge in [0.2, 0.25) is 5.96 Å². The van der Waals surface area contributed by atoms with E-state index in [1.165, 1.54) is 0 Å². The predicted molar refractivity (Wildman–Crippen MR) is 60.8 cm³/mol. The van der Waals surface area contributed by atoms with Crippen LogP contribution in [0.15, 0.2) is 4.99 Å². The molecular weight excluding hydrogens is 247 g/mol. The number of carbonyl (C=O) groups is 1.